The Morgan fingerprint density at radius 2 is 1.00 bits per heavy atom. The van der Waals surface area contributed by atoms with Crippen molar-refractivity contribution in [1.82, 2.24) is 14.1 Å². The van der Waals surface area contributed by atoms with E-state index in [-0.39, 0.29) is 5.41 Å². The van der Waals surface area contributed by atoms with Crippen molar-refractivity contribution in [2.75, 3.05) is 4.90 Å². The van der Waals surface area contributed by atoms with Crippen LogP contribution in [0.2, 0.25) is 0 Å². The number of aromatic nitrogens is 3. The molecule has 11 aromatic rings. The first-order chi connectivity index (χ1) is 30.5. The molecule has 1 aliphatic carbocycles. The number of pyridine rings is 1. The summed E-state index contributed by atoms with van der Waals surface area (Å²) in [5.41, 5.74) is 19.2. The number of anilines is 3. The van der Waals surface area contributed by atoms with Gasteiger partial charge in [-0.3, -0.25) is 4.98 Å². The number of nitrogens with zero attached hydrogens (tertiary/aromatic N) is 4. The molecule has 0 spiro atoms. The average Bonchev–Trinajstić information content (AvgIpc) is 3.99. The van der Waals surface area contributed by atoms with Crippen molar-refractivity contribution >= 4 is 49.8 Å². The Hall–Kier alpha value is -7.95. The van der Waals surface area contributed by atoms with E-state index in [1.54, 1.807) is 0 Å². The number of rotatable bonds is 7. The third-order valence-electron chi connectivity index (χ3n) is 13.1. The molecule has 0 fully saturated rings. The van der Waals surface area contributed by atoms with Crippen LogP contribution in [0.25, 0.3) is 77.5 Å². The van der Waals surface area contributed by atoms with Gasteiger partial charge < -0.3 is 14.0 Å². The Morgan fingerprint density at radius 1 is 0.419 bits per heavy atom. The lowest BCUT2D eigenvalue weighted by molar-refractivity contribution is 0.660. The number of hydrogen-bond acceptors (Lipinski definition) is 2. The second-order valence-electron chi connectivity index (χ2n) is 16.9. The van der Waals surface area contributed by atoms with Crippen LogP contribution >= 0.6 is 0 Å². The monoisotopic (exact) mass is 794 g/mol. The van der Waals surface area contributed by atoms with Gasteiger partial charge in [0.05, 0.1) is 16.6 Å². The molecule has 0 atom stereocenters. The third-order valence-corrected chi connectivity index (χ3v) is 13.1. The van der Waals surface area contributed by atoms with Gasteiger partial charge in [0.1, 0.15) is 0 Å². The maximum Gasteiger partial charge on any atom is 0.0635 e. The van der Waals surface area contributed by atoms with Gasteiger partial charge in [-0.2, -0.15) is 0 Å². The van der Waals surface area contributed by atoms with Crippen molar-refractivity contribution in [2.45, 2.75) is 19.3 Å². The number of fused-ring (bicyclic) bond motifs is 8. The molecule has 0 saturated carbocycles. The van der Waals surface area contributed by atoms with Gasteiger partial charge in [0, 0.05) is 68.6 Å². The first-order valence-corrected chi connectivity index (χ1v) is 21.4. The molecule has 62 heavy (non-hydrogen) atoms. The maximum absolute atomic E-state index is 4.23. The quantitative estimate of drug-likeness (QED) is 0.161. The minimum atomic E-state index is -0.109. The van der Waals surface area contributed by atoms with Gasteiger partial charge in [-0.25, -0.2) is 0 Å². The molecule has 0 unspecified atom stereocenters. The molecule has 294 valence electrons. The second-order valence-corrected chi connectivity index (χ2v) is 16.9. The van der Waals surface area contributed by atoms with Crippen molar-refractivity contribution in [1.29, 1.82) is 0 Å². The highest BCUT2D eigenvalue weighted by molar-refractivity contribution is 6.19. The summed E-state index contributed by atoms with van der Waals surface area (Å²) >= 11 is 0. The SMILES string of the molecule is CC1(C)c2ccccc2-c2ccc(N(c3ccc(-c4ccncc4)cc3)c3ccc(-c4ccc5c(c4)c4ccc6c(ccn6-c6ccccc6)c4n5-c4ccccc4)cc3)cc21. The fourth-order valence-electron chi connectivity index (χ4n) is 9.99. The Balaban J connectivity index is 0.972. The van der Waals surface area contributed by atoms with E-state index in [1.165, 1.54) is 66.1 Å². The molecule has 0 saturated heterocycles. The molecule has 12 rings (SSSR count). The smallest absolute Gasteiger partial charge is 0.0635 e. The Bertz CT molecular complexity index is 3450. The van der Waals surface area contributed by atoms with Crippen molar-refractivity contribution in [3.63, 3.8) is 0 Å². The Kier molecular flexibility index (Phi) is 8.16. The summed E-state index contributed by atoms with van der Waals surface area (Å²) in [5, 5.41) is 3.70. The Morgan fingerprint density at radius 3 is 1.73 bits per heavy atom. The van der Waals surface area contributed by atoms with Gasteiger partial charge in [0.15, 0.2) is 0 Å². The van der Waals surface area contributed by atoms with Crippen molar-refractivity contribution in [3.8, 4) is 44.8 Å². The largest absolute Gasteiger partial charge is 0.316 e. The van der Waals surface area contributed by atoms with Crippen LogP contribution in [0.1, 0.15) is 25.0 Å². The van der Waals surface area contributed by atoms with E-state index in [2.05, 4.69) is 239 Å². The normalized spacial score (nSPS) is 12.8. The lowest BCUT2D eigenvalue weighted by atomic mass is 9.82. The van der Waals surface area contributed by atoms with E-state index in [0.717, 1.165) is 39.6 Å². The average molecular weight is 795 g/mol. The van der Waals surface area contributed by atoms with Crippen molar-refractivity contribution < 1.29 is 0 Å². The zero-order chi connectivity index (χ0) is 41.4. The van der Waals surface area contributed by atoms with E-state index < -0.39 is 0 Å². The highest BCUT2D eigenvalue weighted by Crippen LogP contribution is 2.51. The topological polar surface area (TPSA) is 26.0 Å². The zero-order valence-corrected chi connectivity index (χ0v) is 34.6. The van der Waals surface area contributed by atoms with Crippen LogP contribution in [0.15, 0.2) is 219 Å². The van der Waals surface area contributed by atoms with Crippen LogP contribution < -0.4 is 4.90 Å². The van der Waals surface area contributed by atoms with Crippen LogP contribution in [0, 0.1) is 0 Å². The molecule has 4 heteroatoms. The lowest BCUT2D eigenvalue weighted by Crippen LogP contribution is -2.16. The molecule has 0 aliphatic heterocycles. The molecule has 0 amide bonds. The minimum absolute atomic E-state index is 0.109. The van der Waals surface area contributed by atoms with Gasteiger partial charge in [-0.15, -0.1) is 0 Å². The van der Waals surface area contributed by atoms with Crippen LogP contribution in [-0.4, -0.2) is 14.1 Å². The molecule has 4 nitrogen and oxygen atoms in total. The summed E-state index contributed by atoms with van der Waals surface area (Å²) in [4.78, 5) is 6.62. The van der Waals surface area contributed by atoms with Crippen LogP contribution in [0.5, 0.6) is 0 Å². The van der Waals surface area contributed by atoms with Gasteiger partial charge in [-0.05, 0) is 142 Å². The lowest BCUT2D eigenvalue weighted by Gasteiger charge is -2.28. The van der Waals surface area contributed by atoms with Crippen LogP contribution in [-0.2, 0) is 5.41 Å². The van der Waals surface area contributed by atoms with Crippen molar-refractivity contribution in [3.05, 3.63) is 230 Å². The highest BCUT2D eigenvalue weighted by Gasteiger charge is 2.35. The van der Waals surface area contributed by atoms with E-state index in [4.69, 9.17) is 0 Å². The maximum atomic E-state index is 4.23. The number of benzene rings is 8. The summed E-state index contributed by atoms with van der Waals surface area (Å²) in [5.74, 6) is 0. The molecule has 8 aromatic carbocycles. The summed E-state index contributed by atoms with van der Waals surface area (Å²) in [6, 6.07) is 73.1. The molecular weight excluding hydrogens is 753 g/mol. The van der Waals surface area contributed by atoms with Gasteiger partial charge in [0.2, 0.25) is 0 Å². The molecule has 3 aromatic heterocycles. The second kappa shape index (κ2) is 14.1. The number of hydrogen-bond donors (Lipinski definition) is 0. The first-order valence-electron chi connectivity index (χ1n) is 21.4. The fraction of sp³-hybridized carbons (Fsp3) is 0.0517. The standard InChI is InChI=1S/C58H42N4/c1-58(2)53-16-10-9-15-48(53)49-27-26-47(38-54(49)58)61(45-22-17-39(18-23-45)41-31-34-59-35-32-41)46-24-19-40(20-25-46)42-21-29-56-52(37-42)50-28-30-55-51(33-36-60(55)43-11-5-3-6-12-43)57(50)62(56)44-13-7-4-8-14-44/h3-38H,1-2H3. The molecule has 0 bridgehead atoms. The minimum Gasteiger partial charge on any atom is -0.316 e. The summed E-state index contributed by atoms with van der Waals surface area (Å²) < 4.78 is 4.72. The van der Waals surface area contributed by atoms with Crippen LogP contribution in [0.3, 0.4) is 0 Å². The van der Waals surface area contributed by atoms with Crippen molar-refractivity contribution in [2.24, 2.45) is 0 Å². The van der Waals surface area contributed by atoms with Gasteiger partial charge in [-0.1, -0.05) is 117 Å². The van der Waals surface area contributed by atoms with E-state index >= 15 is 0 Å². The molecule has 0 N–H and O–H groups in total. The van der Waals surface area contributed by atoms with E-state index in [0.29, 0.717) is 0 Å². The highest BCUT2D eigenvalue weighted by atomic mass is 15.1. The van der Waals surface area contributed by atoms with Gasteiger partial charge >= 0.3 is 0 Å². The predicted octanol–water partition coefficient (Wildman–Crippen LogP) is 15.2. The van der Waals surface area contributed by atoms with E-state index in [9.17, 15) is 0 Å². The molecular formula is C58H42N4. The molecule has 0 radical (unpaired) electrons. The molecule has 1 aliphatic rings. The third kappa shape index (κ3) is 5.64. The van der Waals surface area contributed by atoms with E-state index in [1.807, 2.05) is 12.4 Å². The Labute approximate surface area is 361 Å². The fourth-order valence-corrected chi connectivity index (χ4v) is 9.99. The first kappa shape index (κ1) is 35.9. The summed E-state index contributed by atoms with van der Waals surface area (Å²) in [6.45, 7) is 4.70. The summed E-state index contributed by atoms with van der Waals surface area (Å²) in [6.07, 6.45) is 5.90. The van der Waals surface area contributed by atoms with Crippen LogP contribution in [0.4, 0.5) is 17.1 Å². The summed E-state index contributed by atoms with van der Waals surface area (Å²) in [7, 11) is 0. The predicted molar refractivity (Wildman–Crippen MR) is 259 cm³/mol. The molecule has 3 heterocycles. The zero-order valence-electron chi connectivity index (χ0n) is 34.6. The van der Waals surface area contributed by atoms with Gasteiger partial charge in [0.25, 0.3) is 0 Å². The number of para-hydroxylation sites is 2.